The van der Waals surface area contributed by atoms with Gasteiger partial charge in [-0.05, 0) is 50.9 Å². The van der Waals surface area contributed by atoms with Crippen molar-refractivity contribution in [2.75, 3.05) is 26.2 Å². The molecule has 20 heavy (non-hydrogen) atoms. The molecule has 4 nitrogen and oxygen atoms in total. The van der Waals surface area contributed by atoms with E-state index in [0.29, 0.717) is 5.69 Å². The standard InChI is InChI=1S/C16H24N4/c1-2-9-20(12-14-5-3-7-18-11-14)13-15-6-4-8-19-16(15)10-17/h4,6,8,14,18H,2-3,5,7,9,11-13H2,1H3. The molecule has 0 bridgehead atoms. The molecule has 108 valence electrons. The van der Waals surface area contributed by atoms with Crippen molar-refractivity contribution in [1.82, 2.24) is 15.2 Å². The van der Waals surface area contributed by atoms with Crippen LogP contribution in [0.2, 0.25) is 0 Å². The second-order valence-electron chi connectivity index (χ2n) is 5.57. The van der Waals surface area contributed by atoms with Gasteiger partial charge in [-0.3, -0.25) is 4.90 Å². The number of nitriles is 1. The highest BCUT2D eigenvalue weighted by molar-refractivity contribution is 5.30. The topological polar surface area (TPSA) is 52.0 Å². The Labute approximate surface area is 121 Å². The normalized spacial score (nSPS) is 18.9. The molecule has 0 aromatic carbocycles. The maximum Gasteiger partial charge on any atom is 0.144 e. The average Bonchev–Trinajstić information content (AvgIpc) is 2.49. The average molecular weight is 272 g/mol. The molecule has 0 saturated carbocycles. The summed E-state index contributed by atoms with van der Waals surface area (Å²) in [6.45, 7) is 7.52. The number of nitrogens with zero attached hydrogens (tertiary/aromatic N) is 3. The van der Waals surface area contributed by atoms with Crippen molar-refractivity contribution in [2.45, 2.75) is 32.7 Å². The van der Waals surface area contributed by atoms with Crippen LogP contribution in [0.25, 0.3) is 0 Å². The number of rotatable bonds is 6. The van der Waals surface area contributed by atoms with Gasteiger partial charge in [-0.25, -0.2) is 4.98 Å². The summed E-state index contributed by atoms with van der Waals surface area (Å²) in [5, 5.41) is 12.6. The summed E-state index contributed by atoms with van der Waals surface area (Å²) >= 11 is 0. The van der Waals surface area contributed by atoms with Gasteiger partial charge < -0.3 is 5.32 Å². The summed E-state index contributed by atoms with van der Waals surface area (Å²) in [7, 11) is 0. The van der Waals surface area contributed by atoms with Gasteiger partial charge in [0, 0.05) is 24.8 Å². The van der Waals surface area contributed by atoms with Crippen LogP contribution in [0.15, 0.2) is 18.3 Å². The minimum atomic E-state index is 0.565. The predicted molar refractivity (Wildman–Crippen MR) is 80.1 cm³/mol. The molecule has 4 heteroatoms. The molecule has 0 radical (unpaired) electrons. The van der Waals surface area contributed by atoms with E-state index in [9.17, 15) is 0 Å². The molecule has 1 aromatic rings. The Morgan fingerprint density at radius 2 is 2.45 bits per heavy atom. The van der Waals surface area contributed by atoms with E-state index in [-0.39, 0.29) is 0 Å². The van der Waals surface area contributed by atoms with Crippen LogP contribution in [0.3, 0.4) is 0 Å². The number of aromatic nitrogens is 1. The van der Waals surface area contributed by atoms with Gasteiger partial charge >= 0.3 is 0 Å². The molecule has 0 spiro atoms. The summed E-state index contributed by atoms with van der Waals surface area (Å²) < 4.78 is 0. The number of piperidine rings is 1. The Balaban J connectivity index is 1.99. The van der Waals surface area contributed by atoms with Crippen LogP contribution in [-0.4, -0.2) is 36.1 Å². The lowest BCUT2D eigenvalue weighted by atomic mass is 9.98. The molecule has 1 N–H and O–H groups in total. The summed E-state index contributed by atoms with van der Waals surface area (Å²) in [5.41, 5.74) is 1.61. The highest BCUT2D eigenvalue weighted by Crippen LogP contribution is 2.15. The summed E-state index contributed by atoms with van der Waals surface area (Å²) in [6, 6.07) is 6.14. The number of hydrogen-bond donors (Lipinski definition) is 1. The largest absolute Gasteiger partial charge is 0.316 e. The Morgan fingerprint density at radius 3 is 3.15 bits per heavy atom. The molecule has 1 fully saturated rings. The van der Waals surface area contributed by atoms with Crippen LogP contribution in [0.5, 0.6) is 0 Å². The van der Waals surface area contributed by atoms with Crippen LogP contribution < -0.4 is 5.32 Å². The Kier molecular flexibility index (Phi) is 5.97. The van der Waals surface area contributed by atoms with Gasteiger partial charge in [0.15, 0.2) is 0 Å². The highest BCUT2D eigenvalue weighted by atomic mass is 15.1. The van der Waals surface area contributed by atoms with Crippen molar-refractivity contribution in [3.05, 3.63) is 29.6 Å². The summed E-state index contributed by atoms with van der Waals surface area (Å²) in [6.07, 6.45) is 5.42. The van der Waals surface area contributed by atoms with Crippen molar-refractivity contribution >= 4 is 0 Å². The SMILES string of the molecule is CCCN(Cc1cccnc1C#N)CC1CCCNC1. The third-order valence-electron chi connectivity index (χ3n) is 3.85. The van der Waals surface area contributed by atoms with Crippen molar-refractivity contribution in [3.63, 3.8) is 0 Å². The number of pyridine rings is 1. The Hall–Kier alpha value is -1.44. The van der Waals surface area contributed by atoms with E-state index in [4.69, 9.17) is 5.26 Å². The second-order valence-corrected chi connectivity index (χ2v) is 5.57. The molecular formula is C16H24N4. The lowest BCUT2D eigenvalue weighted by Crippen LogP contribution is -2.38. The predicted octanol–water partition coefficient (Wildman–Crippen LogP) is 2.16. The first kappa shape index (κ1) is 15.0. The fourth-order valence-corrected chi connectivity index (χ4v) is 2.90. The van der Waals surface area contributed by atoms with E-state index in [1.54, 1.807) is 6.20 Å². The Bertz CT molecular complexity index is 446. The second kappa shape index (κ2) is 7.98. The van der Waals surface area contributed by atoms with Gasteiger partial charge in [-0.15, -0.1) is 0 Å². The highest BCUT2D eigenvalue weighted by Gasteiger charge is 2.17. The van der Waals surface area contributed by atoms with Gasteiger partial charge in [0.2, 0.25) is 0 Å². The van der Waals surface area contributed by atoms with Gasteiger partial charge in [0.1, 0.15) is 11.8 Å². The van der Waals surface area contributed by atoms with Crippen molar-refractivity contribution < 1.29 is 0 Å². The minimum Gasteiger partial charge on any atom is -0.316 e. The minimum absolute atomic E-state index is 0.565. The van der Waals surface area contributed by atoms with Gasteiger partial charge in [-0.2, -0.15) is 5.26 Å². The van der Waals surface area contributed by atoms with Gasteiger partial charge in [0.25, 0.3) is 0 Å². The maximum absolute atomic E-state index is 9.14. The zero-order chi connectivity index (χ0) is 14.2. The lowest BCUT2D eigenvalue weighted by Gasteiger charge is -2.30. The molecule has 1 aliphatic rings. The fraction of sp³-hybridized carbons (Fsp3) is 0.625. The van der Waals surface area contributed by atoms with Crippen LogP contribution in [0.1, 0.15) is 37.4 Å². The first-order valence-corrected chi connectivity index (χ1v) is 7.60. The van der Waals surface area contributed by atoms with E-state index in [2.05, 4.69) is 28.2 Å². The van der Waals surface area contributed by atoms with Crippen LogP contribution in [-0.2, 0) is 6.54 Å². The molecule has 1 unspecified atom stereocenters. The summed E-state index contributed by atoms with van der Waals surface area (Å²) in [5.74, 6) is 0.734. The van der Waals surface area contributed by atoms with Crippen LogP contribution in [0, 0.1) is 17.2 Å². The molecule has 1 saturated heterocycles. The third kappa shape index (κ3) is 4.29. The monoisotopic (exact) mass is 272 g/mol. The quantitative estimate of drug-likeness (QED) is 0.862. The molecular weight excluding hydrogens is 248 g/mol. The third-order valence-corrected chi connectivity index (χ3v) is 3.85. The first-order valence-electron chi connectivity index (χ1n) is 7.60. The molecule has 1 aliphatic heterocycles. The zero-order valence-electron chi connectivity index (χ0n) is 12.3. The van der Waals surface area contributed by atoms with Crippen molar-refractivity contribution in [2.24, 2.45) is 5.92 Å². The lowest BCUT2D eigenvalue weighted by molar-refractivity contribution is 0.201. The molecule has 2 heterocycles. The van der Waals surface area contributed by atoms with Crippen LogP contribution in [0.4, 0.5) is 0 Å². The van der Waals surface area contributed by atoms with Gasteiger partial charge in [0.05, 0.1) is 0 Å². The smallest absolute Gasteiger partial charge is 0.144 e. The van der Waals surface area contributed by atoms with E-state index in [1.165, 1.54) is 12.8 Å². The maximum atomic E-state index is 9.14. The molecule has 1 atom stereocenters. The van der Waals surface area contributed by atoms with E-state index in [0.717, 1.165) is 50.6 Å². The molecule has 2 rings (SSSR count). The number of nitrogens with one attached hydrogen (secondary N) is 1. The van der Waals surface area contributed by atoms with Crippen molar-refractivity contribution in [1.29, 1.82) is 5.26 Å². The molecule has 1 aromatic heterocycles. The fourth-order valence-electron chi connectivity index (χ4n) is 2.90. The summed E-state index contributed by atoms with van der Waals surface area (Å²) in [4.78, 5) is 6.62. The van der Waals surface area contributed by atoms with Crippen molar-refractivity contribution in [3.8, 4) is 6.07 Å². The van der Waals surface area contributed by atoms with Crippen LogP contribution >= 0.6 is 0 Å². The first-order chi connectivity index (χ1) is 9.83. The Morgan fingerprint density at radius 1 is 1.55 bits per heavy atom. The van der Waals surface area contributed by atoms with Gasteiger partial charge in [-0.1, -0.05) is 13.0 Å². The van der Waals surface area contributed by atoms with E-state index < -0.39 is 0 Å². The molecule has 0 amide bonds. The van der Waals surface area contributed by atoms with E-state index in [1.807, 2.05) is 12.1 Å². The molecule has 0 aliphatic carbocycles. The number of hydrogen-bond acceptors (Lipinski definition) is 4. The zero-order valence-corrected chi connectivity index (χ0v) is 12.3. The van der Waals surface area contributed by atoms with E-state index >= 15 is 0 Å².